The van der Waals surface area contributed by atoms with Gasteiger partial charge in [0, 0.05) is 39.1 Å². The van der Waals surface area contributed by atoms with Gasteiger partial charge in [0.05, 0.1) is 25.2 Å². The van der Waals surface area contributed by atoms with E-state index in [1.165, 1.54) is 0 Å². The largest absolute Gasteiger partial charge is 0.376 e. The van der Waals surface area contributed by atoms with Gasteiger partial charge in [-0.15, -0.1) is 0 Å². The third kappa shape index (κ3) is 4.63. The summed E-state index contributed by atoms with van der Waals surface area (Å²) in [6, 6.07) is 2.42. The van der Waals surface area contributed by atoms with Gasteiger partial charge in [-0.1, -0.05) is 0 Å². The van der Waals surface area contributed by atoms with E-state index in [0.717, 1.165) is 19.7 Å². The van der Waals surface area contributed by atoms with Gasteiger partial charge < -0.3 is 9.64 Å². The molecule has 2 atom stereocenters. The Morgan fingerprint density at radius 3 is 2.94 bits per heavy atom. The molecule has 102 valence electrons. The van der Waals surface area contributed by atoms with Crippen molar-refractivity contribution in [1.29, 1.82) is 5.26 Å². The van der Waals surface area contributed by atoms with Gasteiger partial charge in [0.15, 0.2) is 0 Å². The van der Waals surface area contributed by atoms with Crippen LogP contribution in [0.15, 0.2) is 0 Å². The first-order chi connectivity index (χ1) is 8.54. The summed E-state index contributed by atoms with van der Waals surface area (Å²) < 4.78 is 5.55. The van der Waals surface area contributed by atoms with Gasteiger partial charge in [-0.05, 0) is 13.8 Å². The highest BCUT2D eigenvalue weighted by atomic mass is 16.5. The molecule has 2 unspecified atom stereocenters. The zero-order valence-electron chi connectivity index (χ0n) is 11.6. The highest BCUT2D eigenvalue weighted by molar-refractivity contribution is 5.76. The topological polar surface area (TPSA) is 56.6 Å². The molecule has 1 aliphatic heterocycles. The predicted molar refractivity (Wildman–Crippen MR) is 68.9 cm³/mol. The van der Waals surface area contributed by atoms with Crippen LogP contribution in [0.5, 0.6) is 0 Å². The Morgan fingerprint density at radius 1 is 1.56 bits per heavy atom. The lowest BCUT2D eigenvalue weighted by Crippen LogP contribution is -2.48. The van der Waals surface area contributed by atoms with Crippen molar-refractivity contribution in [2.24, 2.45) is 0 Å². The molecule has 0 saturated carbocycles. The molecule has 0 radical (unpaired) electrons. The smallest absolute Gasteiger partial charge is 0.223 e. The van der Waals surface area contributed by atoms with Gasteiger partial charge in [0.2, 0.25) is 5.91 Å². The van der Waals surface area contributed by atoms with Crippen LogP contribution in [0.25, 0.3) is 0 Å². The molecule has 1 saturated heterocycles. The maximum Gasteiger partial charge on any atom is 0.223 e. The van der Waals surface area contributed by atoms with Crippen molar-refractivity contribution in [3.63, 3.8) is 0 Å². The number of carbonyl (C=O) groups excluding carboxylic acids is 1. The summed E-state index contributed by atoms with van der Waals surface area (Å²) in [4.78, 5) is 15.8. The number of hydrogen-bond donors (Lipinski definition) is 0. The summed E-state index contributed by atoms with van der Waals surface area (Å²) in [5, 5.41) is 8.48. The van der Waals surface area contributed by atoms with Crippen molar-refractivity contribution in [2.75, 3.05) is 33.3 Å². The zero-order valence-corrected chi connectivity index (χ0v) is 11.6. The third-order valence-corrected chi connectivity index (χ3v) is 3.33. The number of nitrogens with zero attached hydrogens (tertiary/aromatic N) is 3. The number of ether oxygens (including phenoxy) is 1. The SMILES string of the molecule is CC1CN(CCC(=O)N(C)CCC#N)C(C)CO1. The first-order valence-electron chi connectivity index (χ1n) is 6.51. The fourth-order valence-electron chi connectivity index (χ4n) is 2.06. The molecule has 0 N–H and O–H groups in total. The quantitative estimate of drug-likeness (QED) is 0.729. The molecule has 0 aliphatic carbocycles. The van der Waals surface area contributed by atoms with Crippen LogP contribution in [-0.2, 0) is 9.53 Å². The Hall–Kier alpha value is -1.12. The zero-order chi connectivity index (χ0) is 13.5. The minimum absolute atomic E-state index is 0.108. The maximum absolute atomic E-state index is 11.8. The lowest BCUT2D eigenvalue weighted by atomic mass is 10.2. The van der Waals surface area contributed by atoms with E-state index in [1.807, 2.05) is 0 Å². The first-order valence-corrected chi connectivity index (χ1v) is 6.51. The lowest BCUT2D eigenvalue weighted by molar-refractivity contribution is -0.131. The monoisotopic (exact) mass is 253 g/mol. The molecule has 1 rings (SSSR count). The van der Waals surface area contributed by atoms with E-state index < -0.39 is 0 Å². The van der Waals surface area contributed by atoms with E-state index in [1.54, 1.807) is 11.9 Å². The van der Waals surface area contributed by atoms with Crippen molar-refractivity contribution in [3.8, 4) is 6.07 Å². The van der Waals surface area contributed by atoms with E-state index >= 15 is 0 Å². The average Bonchev–Trinajstić information content (AvgIpc) is 2.36. The van der Waals surface area contributed by atoms with E-state index in [0.29, 0.717) is 25.4 Å². The molecule has 1 aliphatic rings. The summed E-state index contributed by atoms with van der Waals surface area (Å²) in [7, 11) is 1.76. The molecule has 0 aromatic carbocycles. The Labute approximate surface area is 109 Å². The van der Waals surface area contributed by atoms with Crippen molar-refractivity contribution < 1.29 is 9.53 Å². The molecule has 1 amide bonds. The van der Waals surface area contributed by atoms with Crippen LogP contribution in [0.2, 0.25) is 0 Å². The van der Waals surface area contributed by atoms with Gasteiger partial charge in [-0.2, -0.15) is 5.26 Å². The van der Waals surface area contributed by atoms with Crippen LogP contribution in [-0.4, -0.2) is 61.1 Å². The number of carbonyl (C=O) groups is 1. The fraction of sp³-hybridized carbons (Fsp3) is 0.846. The van der Waals surface area contributed by atoms with Crippen LogP contribution in [0.4, 0.5) is 0 Å². The molecule has 5 heteroatoms. The Morgan fingerprint density at radius 2 is 2.28 bits per heavy atom. The van der Waals surface area contributed by atoms with Gasteiger partial charge in [0.1, 0.15) is 0 Å². The summed E-state index contributed by atoms with van der Waals surface area (Å²) in [6.07, 6.45) is 1.15. The van der Waals surface area contributed by atoms with Gasteiger partial charge in [-0.25, -0.2) is 0 Å². The Kier molecular flexibility index (Phi) is 6.10. The van der Waals surface area contributed by atoms with E-state index in [2.05, 4.69) is 24.8 Å². The number of rotatable bonds is 5. The second-order valence-electron chi connectivity index (χ2n) is 4.96. The predicted octanol–water partition coefficient (Wildman–Crippen LogP) is 0.858. The van der Waals surface area contributed by atoms with Crippen LogP contribution in [0.1, 0.15) is 26.7 Å². The highest BCUT2D eigenvalue weighted by Gasteiger charge is 2.23. The van der Waals surface area contributed by atoms with Crippen molar-refractivity contribution >= 4 is 5.91 Å². The number of nitriles is 1. The second-order valence-corrected chi connectivity index (χ2v) is 4.96. The highest BCUT2D eigenvalue weighted by Crippen LogP contribution is 2.11. The van der Waals surface area contributed by atoms with E-state index in [-0.39, 0.29) is 12.0 Å². The van der Waals surface area contributed by atoms with Crippen LogP contribution in [0.3, 0.4) is 0 Å². The average molecular weight is 253 g/mol. The molecule has 0 spiro atoms. The second kappa shape index (κ2) is 7.34. The normalized spacial score (nSPS) is 24.6. The van der Waals surface area contributed by atoms with Crippen molar-refractivity contribution in [2.45, 2.75) is 38.8 Å². The maximum atomic E-state index is 11.8. The molecular formula is C13H23N3O2. The number of amides is 1. The van der Waals surface area contributed by atoms with Crippen molar-refractivity contribution in [3.05, 3.63) is 0 Å². The Bertz CT molecular complexity index is 314. The summed E-state index contributed by atoms with van der Waals surface area (Å²) >= 11 is 0. The third-order valence-electron chi connectivity index (χ3n) is 3.33. The summed E-state index contributed by atoms with van der Waals surface area (Å²) in [5.41, 5.74) is 0. The van der Waals surface area contributed by atoms with E-state index in [4.69, 9.17) is 10.00 Å². The van der Waals surface area contributed by atoms with Crippen LogP contribution in [0, 0.1) is 11.3 Å². The number of morpholine rings is 1. The van der Waals surface area contributed by atoms with Crippen LogP contribution < -0.4 is 0 Å². The minimum Gasteiger partial charge on any atom is -0.376 e. The van der Waals surface area contributed by atoms with Gasteiger partial charge in [-0.3, -0.25) is 9.69 Å². The van der Waals surface area contributed by atoms with Crippen LogP contribution >= 0.6 is 0 Å². The lowest BCUT2D eigenvalue weighted by Gasteiger charge is -2.36. The summed E-state index contributed by atoms with van der Waals surface area (Å²) in [6.45, 7) is 7.08. The standard InChI is InChI=1S/C13H23N3O2/c1-11-10-18-12(2)9-16(11)8-5-13(17)15(3)7-4-6-14/h11-12H,4-5,7-10H2,1-3H3. The molecule has 18 heavy (non-hydrogen) atoms. The fourth-order valence-corrected chi connectivity index (χ4v) is 2.06. The molecule has 1 fully saturated rings. The molecule has 0 aromatic rings. The molecular weight excluding hydrogens is 230 g/mol. The van der Waals surface area contributed by atoms with Gasteiger partial charge in [0.25, 0.3) is 0 Å². The molecule has 0 aromatic heterocycles. The summed E-state index contributed by atoms with van der Waals surface area (Å²) in [5.74, 6) is 0.108. The first kappa shape index (κ1) is 14.9. The molecule has 5 nitrogen and oxygen atoms in total. The van der Waals surface area contributed by atoms with Gasteiger partial charge >= 0.3 is 0 Å². The molecule has 0 bridgehead atoms. The number of hydrogen-bond acceptors (Lipinski definition) is 4. The minimum atomic E-state index is 0.108. The van der Waals surface area contributed by atoms with E-state index in [9.17, 15) is 4.79 Å². The molecule has 1 heterocycles. The van der Waals surface area contributed by atoms with Crippen molar-refractivity contribution in [1.82, 2.24) is 9.80 Å². The Balaban J connectivity index is 2.30.